The van der Waals surface area contributed by atoms with Gasteiger partial charge in [-0.2, -0.15) is 0 Å². The van der Waals surface area contributed by atoms with Crippen LogP contribution in [0.25, 0.3) is 0 Å². The second kappa shape index (κ2) is 9.62. The molecule has 1 aromatic rings. The van der Waals surface area contributed by atoms with Crippen molar-refractivity contribution in [3.05, 3.63) is 34.3 Å². The van der Waals surface area contributed by atoms with Crippen molar-refractivity contribution in [3.8, 4) is 0 Å². The Morgan fingerprint density at radius 3 is 2.59 bits per heavy atom. The van der Waals surface area contributed by atoms with E-state index in [1.165, 1.54) is 0 Å². The maximum absolute atomic E-state index is 12.4. The van der Waals surface area contributed by atoms with Crippen LogP contribution in [0.2, 0.25) is 0 Å². The van der Waals surface area contributed by atoms with Crippen molar-refractivity contribution in [2.24, 2.45) is 0 Å². The first-order valence-electron chi connectivity index (χ1n) is 7.81. The number of rotatable bonds is 8. The molecule has 0 aliphatic heterocycles. The van der Waals surface area contributed by atoms with Gasteiger partial charge >= 0.3 is 0 Å². The SMILES string of the molecule is CCCNC(=O)[C@@H](C)N(Cc1cccc(Br)c1)C(=O)CCC. The topological polar surface area (TPSA) is 49.4 Å². The number of halogens is 1. The molecule has 0 heterocycles. The van der Waals surface area contributed by atoms with Gasteiger partial charge in [0.1, 0.15) is 6.04 Å². The highest BCUT2D eigenvalue weighted by molar-refractivity contribution is 9.10. The lowest BCUT2D eigenvalue weighted by atomic mass is 10.1. The average Bonchev–Trinajstić information content (AvgIpc) is 2.49. The molecule has 1 rings (SSSR count). The minimum atomic E-state index is -0.468. The molecule has 0 spiro atoms. The van der Waals surface area contributed by atoms with Crippen LogP contribution in [0, 0.1) is 0 Å². The van der Waals surface area contributed by atoms with Crippen LogP contribution in [0.4, 0.5) is 0 Å². The van der Waals surface area contributed by atoms with E-state index in [9.17, 15) is 9.59 Å². The predicted molar refractivity (Wildman–Crippen MR) is 92.4 cm³/mol. The monoisotopic (exact) mass is 368 g/mol. The third-order valence-electron chi connectivity index (χ3n) is 3.42. The predicted octanol–water partition coefficient (Wildman–Crippen LogP) is 3.49. The van der Waals surface area contributed by atoms with Crippen molar-refractivity contribution < 1.29 is 9.59 Å². The molecule has 0 radical (unpaired) electrons. The van der Waals surface area contributed by atoms with Gasteiger partial charge in [-0.05, 0) is 37.5 Å². The lowest BCUT2D eigenvalue weighted by molar-refractivity contribution is -0.140. The second-order valence-corrected chi connectivity index (χ2v) is 6.28. The fourth-order valence-electron chi connectivity index (χ4n) is 2.17. The van der Waals surface area contributed by atoms with Gasteiger partial charge < -0.3 is 10.2 Å². The summed E-state index contributed by atoms with van der Waals surface area (Å²) in [6, 6.07) is 7.35. The summed E-state index contributed by atoms with van der Waals surface area (Å²) in [5, 5.41) is 2.86. The van der Waals surface area contributed by atoms with Crippen molar-refractivity contribution in [3.63, 3.8) is 0 Å². The standard InChI is InChI=1S/C17H25BrN2O2/c1-4-7-16(21)20(13(3)17(22)19-10-5-2)12-14-8-6-9-15(18)11-14/h6,8-9,11,13H,4-5,7,10,12H2,1-3H3,(H,19,22)/t13-/m1/s1. The number of carbonyl (C=O) groups is 2. The zero-order valence-corrected chi connectivity index (χ0v) is 15.1. The van der Waals surface area contributed by atoms with Crippen LogP contribution in [-0.4, -0.2) is 29.3 Å². The minimum Gasteiger partial charge on any atom is -0.354 e. The van der Waals surface area contributed by atoms with E-state index in [0.717, 1.165) is 22.9 Å². The van der Waals surface area contributed by atoms with Crippen LogP contribution >= 0.6 is 15.9 Å². The van der Waals surface area contributed by atoms with Crippen molar-refractivity contribution >= 4 is 27.7 Å². The molecule has 0 aromatic heterocycles. The third kappa shape index (κ3) is 5.79. The first kappa shape index (κ1) is 18.7. The van der Waals surface area contributed by atoms with Gasteiger partial charge in [-0.15, -0.1) is 0 Å². The Labute approximate surface area is 141 Å². The summed E-state index contributed by atoms with van der Waals surface area (Å²) in [4.78, 5) is 26.2. The molecule has 0 saturated carbocycles. The number of hydrogen-bond acceptors (Lipinski definition) is 2. The van der Waals surface area contributed by atoms with Crippen LogP contribution in [0.1, 0.15) is 45.6 Å². The molecule has 0 unspecified atom stereocenters. The van der Waals surface area contributed by atoms with E-state index in [0.29, 0.717) is 19.5 Å². The maximum Gasteiger partial charge on any atom is 0.242 e. The molecule has 1 atom stereocenters. The van der Waals surface area contributed by atoms with Crippen molar-refractivity contribution in [2.75, 3.05) is 6.54 Å². The zero-order chi connectivity index (χ0) is 16.5. The van der Waals surface area contributed by atoms with Gasteiger partial charge in [0.2, 0.25) is 11.8 Å². The van der Waals surface area contributed by atoms with E-state index in [1.54, 1.807) is 11.8 Å². The maximum atomic E-state index is 12.4. The minimum absolute atomic E-state index is 0.0154. The Hall–Kier alpha value is -1.36. The van der Waals surface area contributed by atoms with Crippen LogP contribution in [0.3, 0.4) is 0 Å². The van der Waals surface area contributed by atoms with Gasteiger partial charge in [-0.3, -0.25) is 9.59 Å². The smallest absolute Gasteiger partial charge is 0.242 e. The molecular weight excluding hydrogens is 344 g/mol. The lowest BCUT2D eigenvalue weighted by Crippen LogP contribution is -2.47. The molecule has 5 heteroatoms. The molecule has 22 heavy (non-hydrogen) atoms. The summed E-state index contributed by atoms with van der Waals surface area (Å²) in [6.45, 7) is 6.84. The molecule has 122 valence electrons. The second-order valence-electron chi connectivity index (χ2n) is 5.37. The normalized spacial score (nSPS) is 11.8. The van der Waals surface area contributed by atoms with Gasteiger partial charge in [-0.25, -0.2) is 0 Å². The molecular formula is C17H25BrN2O2. The van der Waals surface area contributed by atoms with E-state index >= 15 is 0 Å². The molecule has 1 N–H and O–H groups in total. The number of nitrogens with one attached hydrogen (secondary N) is 1. The molecule has 4 nitrogen and oxygen atoms in total. The largest absolute Gasteiger partial charge is 0.354 e. The van der Waals surface area contributed by atoms with E-state index in [4.69, 9.17) is 0 Å². The number of nitrogens with zero attached hydrogens (tertiary/aromatic N) is 1. The van der Waals surface area contributed by atoms with Crippen molar-refractivity contribution in [1.82, 2.24) is 10.2 Å². The van der Waals surface area contributed by atoms with Crippen LogP contribution < -0.4 is 5.32 Å². The molecule has 0 aliphatic carbocycles. The Balaban J connectivity index is 2.87. The van der Waals surface area contributed by atoms with Crippen LogP contribution in [0.15, 0.2) is 28.7 Å². The first-order valence-corrected chi connectivity index (χ1v) is 8.60. The summed E-state index contributed by atoms with van der Waals surface area (Å²) in [6.07, 6.45) is 2.11. The van der Waals surface area contributed by atoms with Crippen LogP contribution in [0.5, 0.6) is 0 Å². The highest BCUT2D eigenvalue weighted by Crippen LogP contribution is 2.16. The Morgan fingerprint density at radius 1 is 1.27 bits per heavy atom. The number of benzene rings is 1. The number of amides is 2. The van der Waals surface area contributed by atoms with Gasteiger partial charge in [0, 0.05) is 24.0 Å². The molecule has 1 aromatic carbocycles. The van der Waals surface area contributed by atoms with Gasteiger partial charge in [0.15, 0.2) is 0 Å². The summed E-state index contributed by atoms with van der Waals surface area (Å²) in [7, 11) is 0. The average molecular weight is 369 g/mol. The summed E-state index contributed by atoms with van der Waals surface area (Å²) in [5.41, 5.74) is 1.01. The van der Waals surface area contributed by atoms with E-state index in [2.05, 4.69) is 21.2 Å². The molecule has 2 amide bonds. The summed E-state index contributed by atoms with van der Waals surface area (Å²) < 4.78 is 0.968. The Kier molecular flexibility index (Phi) is 8.17. The van der Waals surface area contributed by atoms with Crippen molar-refractivity contribution in [2.45, 2.75) is 52.6 Å². The Bertz CT molecular complexity index is 505. The first-order chi connectivity index (χ1) is 10.5. The van der Waals surface area contributed by atoms with Crippen molar-refractivity contribution in [1.29, 1.82) is 0 Å². The fraction of sp³-hybridized carbons (Fsp3) is 0.529. The van der Waals surface area contributed by atoms with E-state index < -0.39 is 6.04 Å². The van der Waals surface area contributed by atoms with E-state index in [-0.39, 0.29) is 11.8 Å². The van der Waals surface area contributed by atoms with E-state index in [1.807, 2.05) is 38.1 Å². The lowest BCUT2D eigenvalue weighted by Gasteiger charge is -2.28. The van der Waals surface area contributed by atoms with Crippen LogP contribution in [-0.2, 0) is 16.1 Å². The van der Waals surface area contributed by atoms with Gasteiger partial charge in [0.25, 0.3) is 0 Å². The molecule has 0 saturated heterocycles. The third-order valence-corrected chi connectivity index (χ3v) is 3.92. The van der Waals surface area contributed by atoms with Gasteiger partial charge in [-0.1, -0.05) is 41.9 Å². The zero-order valence-electron chi connectivity index (χ0n) is 13.6. The van der Waals surface area contributed by atoms with Gasteiger partial charge in [0.05, 0.1) is 0 Å². The molecule has 0 aliphatic rings. The quantitative estimate of drug-likeness (QED) is 0.763. The summed E-state index contributed by atoms with van der Waals surface area (Å²) in [5.74, 6) is -0.0806. The highest BCUT2D eigenvalue weighted by atomic mass is 79.9. The summed E-state index contributed by atoms with van der Waals surface area (Å²) >= 11 is 3.44. The fourth-order valence-corrected chi connectivity index (χ4v) is 2.61. The molecule has 0 fully saturated rings. The number of hydrogen-bond donors (Lipinski definition) is 1. The number of carbonyl (C=O) groups excluding carboxylic acids is 2. The Morgan fingerprint density at radius 2 is 2.00 bits per heavy atom. The molecule has 0 bridgehead atoms. The highest BCUT2D eigenvalue weighted by Gasteiger charge is 2.25.